The molecule has 1 amide bonds. The van der Waals surface area contributed by atoms with Gasteiger partial charge in [-0.25, -0.2) is 0 Å². The van der Waals surface area contributed by atoms with Gasteiger partial charge in [-0.15, -0.1) is 0 Å². The molecular formula is C24H24N4O2. The second-order valence-electron chi connectivity index (χ2n) is 8.05. The van der Waals surface area contributed by atoms with Crippen LogP contribution in [0.5, 0.6) is 0 Å². The lowest BCUT2D eigenvalue weighted by Gasteiger charge is -2.32. The van der Waals surface area contributed by atoms with Crippen LogP contribution in [0.3, 0.4) is 0 Å². The summed E-state index contributed by atoms with van der Waals surface area (Å²) in [5.74, 6) is 1.69. The highest BCUT2D eigenvalue weighted by Gasteiger charge is 2.27. The normalized spacial score (nSPS) is 16.8. The van der Waals surface area contributed by atoms with E-state index in [0.29, 0.717) is 30.6 Å². The molecule has 30 heavy (non-hydrogen) atoms. The number of hydrogen-bond donors (Lipinski definition) is 0. The highest BCUT2D eigenvalue weighted by molar-refractivity contribution is 5.95. The van der Waals surface area contributed by atoms with E-state index in [9.17, 15) is 4.79 Å². The minimum absolute atomic E-state index is 0.0922. The van der Waals surface area contributed by atoms with Crippen LogP contribution in [0.2, 0.25) is 0 Å². The SMILES string of the molecule is Cc1ccccc1-c1noc(CC2CCCN(C(=O)c3cc4ccccn4c3)C2)n1. The van der Waals surface area contributed by atoms with E-state index >= 15 is 0 Å². The summed E-state index contributed by atoms with van der Waals surface area (Å²) in [5, 5.41) is 4.17. The molecule has 0 aliphatic carbocycles. The number of piperidine rings is 1. The number of fused-ring (bicyclic) bond motifs is 1. The Balaban J connectivity index is 1.28. The molecule has 1 fully saturated rings. The van der Waals surface area contributed by atoms with Gasteiger partial charge in [0.05, 0.1) is 5.56 Å². The lowest BCUT2D eigenvalue weighted by molar-refractivity contribution is 0.0668. The van der Waals surface area contributed by atoms with Gasteiger partial charge in [0.2, 0.25) is 11.7 Å². The fraction of sp³-hybridized carbons (Fsp3) is 0.292. The van der Waals surface area contributed by atoms with E-state index in [4.69, 9.17) is 4.52 Å². The van der Waals surface area contributed by atoms with Crippen molar-refractivity contribution in [2.45, 2.75) is 26.2 Å². The van der Waals surface area contributed by atoms with Gasteiger partial charge in [0.25, 0.3) is 5.91 Å². The molecule has 1 aliphatic rings. The zero-order chi connectivity index (χ0) is 20.5. The number of rotatable bonds is 4. The monoisotopic (exact) mass is 400 g/mol. The fourth-order valence-corrected chi connectivity index (χ4v) is 4.29. The summed E-state index contributed by atoms with van der Waals surface area (Å²) in [7, 11) is 0. The number of aryl methyl sites for hydroxylation is 1. The Morgan fingerprint density at radius 1 is 1.20 bits per heavy atom. The molecule has 0 N–H and O–H groups in total. The third kappa shape index (κ3) is 3.61. The number of carbonyl (C=O) groups excluding carboxylic acids is 1. The summed E-state index contributed by atoms with van der Waals surface area (Å²) in [4.78, 5) is 19.6. The molecule has 0 bridgehead atoms. The maximum absolute atomic E-state index is 13.1. The number of likely N-dealkylation sites (tertiary alicyclic amines) is 1. The average Bonchev–Trinajstić information content (AvgIpc) is 3.41. The third-order valence-electron chi connectivity index (χ3n) is 5.87. The molecule has 3 aromatic heterocycles. The summed E-state index contributed by atoms with van der Waals surface area (Å²) in [6, 6.07) is 15.9. The molecule has 152 valence electrons. The Bertz CT molecular complexity index is 1160. The summed E-state index contributed by atoms with van der Waals surface area (Å²) >= 11 is 0. The molecule has 6 heteroatoms. The van der Waals surface area contributed by atoms with Crippen LogP contribution in [-0.4, -0.2) is 38.4 Å². The standard InChI is InChI=1S/C24H24N4O2/c1-17-7-2-3-10-21(17)23-25-22(30-26-23)13-18-8-6-12-28(15-18)24(29)19-14-20-9-4-5-11-27(20)16-19/h2-5,7,9-11,14,16,18H,6,8,12-13,15H2,1H3. The first-order chi connectivity index (χ1) is 14.7. The Hall–Kier alpha value is -3.41. The van der Waals surface area contributed by atoms with Gasteiger partial charge in [0, 0.05) is 43.0 Å². The smallest absolute Gasteiger partial charge is 0.255 e. The van der Waals surface area contributed by atoms with Gasteiger partial charge >= 0.3 is 0 Å². The lowest BCUT2D eigenvalue weighted by atomic mass is 9.94. The van der Waals surface area contributed by atoms with Crippen LogP contribution < -0.4 is 0 Å². The highest BCUT2D eigenvalue weighted by Crippen LogP contribution is 2.25. The second-order valence-corrected chi connectivity index (χ2v) is 8.05. The van der Waals surface area contributed by atoms with Crippen LogP contribution in [0.4, 0.5) is 0 Å². The summed E-state index contributed by atoms with van der Waals surface area (Å²) in [6.45, 7) is 3.55. The van der Waals surface area contributed by atoms with E-state index < -0.39 is 0 Å². The maximum atomic E-state index is 13.1. The van der Waals surface area contributed by atoms with Gasteiger partial charge < -0.3 is 13.8 Å². The van der Waals surface area contributed by atoms with Crippen LogP contribution >= 0.6 is 0 Å². The number of hydrogen-bond acceptors (Lipinski definition) is 4. The Morgan fingerprint density at radius 3 is 2.93 bits per heavy atom. The van der Waals surface area contributed by atoms with Gasteiger partial charge in [0.15, 0.2) is 0 Å². The first kappa shape index (κ1) is 18.6. The summed E-state index contributed by atoms with van der Waals surface area (Å²) in [6.07, 6.45) is 6.62. The minimum Gasteiger partial charge on any atom is -0.339 e. The molecule has 1 aliphatic heterocycles. The van der Waals surface area contributed by atoms with Crippen molar-refractivity contribution in [1.82, 2.24) is 19.4 Å². The lowest BCUT2D eigenvalue weighted by Crippen LogP contribution is -2.40. The molecule has 1 aromatic carbocycles. The number of nitrogens with zero attached hydrogens (tertiary/aromatic N) is 4. The molecule has 1 unspecified atom stereocenters. The Morgan fingerprint density at radius 2 is 2.07 bits per heavy atom. The summed E-state index contributed by atoms with van der Waals surface area (Å²) < 4.78 is 7.52. The van der Waals surface area contributed by atoms with Gasteiger partial charge in [-0.3, -0.25) is 4.79 Å². The van der Waals surface area contributed by atoms with Gasteiger partial charge in [-0.1, -0.05) is 35.5 Å². The van der Waals surface area contributed by atoms with Gasteiger partial charge in [0.1, 0.15) is 0 Å². The minimum atomic E-state index is 0.0922. The summed E-state index contributed by atoms with van der Waals surface area (Å²) in [5.41, 5.74) is 3.89. The molecule has 1 atom stereocenters. The highest BCUT2D eigenvalue weighted by atomic mass is 16.5. The molecule has 5 rings (SSSR count). The van der Waals surface area contributed by atoms with Crippen LogP contribution in [0.15, 0.2) is 65.4 Å². The van der Waals surface area contributed by atoms with Crippen molar-refractivity contribution >= 4 is 11.4 Å². The molecule has 1 saturated heterocycles. The topological polar surface area (TPSA) is 63.6 Å². The predicted molar refractivity (Wildman–Crippen MR) is 114 cm³/mol. The fourth-order valence-electron chi connectivity index (χ4n) is 4.29. The van der Waals surface area contributed by atoms with E-state index in [1.807, 2.05) is 77.1 Å². The van der Waals surface area contributed by atoms with Crippen molar-refractivity contribution in [3.05, 3.63) is 77.9 Å². The van der Waals surface area contributed by atoms with E-state index in [1.165, 1.54) is 0 Å². The second kappa shape index (κ2) is 7.78. The first-order valence-electron chi connectivity index (χ1n) is 10.4. The molecule has 0 spiro atoms. The number of aromatic nitrogens is 3. The van der Waals surface area contributed by atoms with Crippen molar-refractivity contribution in [2.24, 2.45) is 5.92 Å². The number of pyridine rings is 1. The van der Waals surface area contributed by atoms with Crippen molar-refractivity contribution in [1.29, 1.82) is 0 Å². The van der Waals surface area contributed by atoms with Crippen LogP contribution in [0.1, 0.15) is 34.7 Å². The Labute approximate surface area is 175 Å². The maximum Gasteiger partial charge on any atom is 0.255 e. The molecule has 4 aromatic rings. The largest absolute Gasteiger partial charge is 0.339 e. The zero-order valence-electron chi connectivity index (χ0n) is 17.0. The zero-order valence-corrected chi connectivity index (χ0v) is 17.0. The average molecular weight is 400 g/mol. The van der Waals surface area contributed by atoms with E-state index in [-0.39, 0.29) is 5.91 Å². The first-order valence-corrected chi connectivity index (χ1v) is 10.4. The number of carbonyl (C=O) groups is 1. The van der Waals surface area contributed by atoms with Crippen LogP contribution in [0, 0.1) is 12.8 Å². The van der Waals surface area contributed by atoms with E-state index in [1.54, 1.807) is 0 Å². The van der Waals surface area contributed by atoms with Crippen LogP contribution in [0.25, 0.3) is 16.9 Å². The molecule has 6 nitrogen and oxygen atoms in total. The van der Waals surface area contributed by atoms with E-state index in [0.717, 1.165) is 41.6 Å². The van der Waals surface area contributed by atoms with Crippen molar-refractivity contribution < 1.29 is 9.32 Å². The molecule has 0 radical (unpaired) electrons. The Kier molecular flexibility index (Phi) is 4.83. The van der Waals surface area contributed by atoms with E-state index in [2.05, 4.69) is 10.1 Å². The van der Waals surface area contributed by atoms with Gasteiger partial charge in [-0.05, 0) is 49.4 Å². The number of benzene rings is 1. The van der Waals surface area contributed by atoms with Crippen molar-refractivity contribution in [3.63, 3.8) is 0 Å². The molecule has 4 heterocycles. The quantitative estimate of drug-likeness (QED) is 0.510. The van der Waals surface area contributed by atoms with Crippen molar-refractivity contribution in [2.75, 3.05) is 13.1 Å². The third-order valence-corrected chi connectivity index (χ3v) is 5.87. The van der Waals surface area contributed by atoms with Crippen molar-refractivity contribution in [3.8, 4) is 11.4 Å². The van der Waals surface area contributed by atoms with Crippen LogP contribution in [-0.2, 0) is 6.42 Å². The molecular weight excluding hydrogens is 376 g/mol. The number of amides is 1. The van der Waals surface area contributed by atoms with Gasteiger partial charge in [-0.2, -0.15) is 4.98 Å². The molecule has 0 saturated carbocycles. The predicted octanol–water partition coefficient (Wildman–Crippen LogP) is 4.39.